The number of hydrazine groups is 1. The van der Waals surface area contributed by atoms with Gasteiger partial charge in [0.15, 0.2) is 9.84 Å². The predicted octanol–water partition coefficient (Wildman–Crippen LogP) is 1.29. The highest BCUT2D eigenvalue weighted by molar-refractivity contribution is 7.90. The van der Waals surface area contributed by atoms with E-state index < -0.39 is 9.84 Å². The van der Waals surface area contributed by atoms with Crippen molar-refractivity contribution >= 4 is 21.2 Å². The summed E-state index contributed by atoms with van der Waals surface area (Å²) in [4.78, 5) is 5.41. The van der Waals surface area contributed by atoms with E-state index in [0.29, 0.717) is 11.3 Å². The van der Waals surface area contributed by atoms with Gasteiger partial charge in [-0.05, 0) is 17.7 Å². The largest absolute Gasteiger partial charge is 0.271 e. The van der Waals surface area contributed by atoms with E-state index in [0.717, 1.165) is 10.4 Å². The molecule has 102 valence electrons. The molecule has 0 bridgehead atoms. The number of nitrogens with zero attached hydrogens (tertiary/aromatic N) is 1. The third kappa shape index (κ3) is 3.60. The maximum atomic E-state index is 11.6. The molecular formula is C12H15N3O2S2. The van der Waals surface area contributed by atoms with Crippen LogP contribution in [0.2, 0.25) is 0 Å². The Kier molecular flexibility index (Phi) is 4.31. The van der Waals surface area contributed by atoms with Crippen molar-refractivity contribution in [1.29, 1.82) is 0 Å². The highest BCUT2D eigenvalue weighted by atomic mass is 32.2. The fraction of sp³-hybridized carbons (Fsp3) is 0.250. The predicted molar refractivity (Wildman–Crippen MR) is 75.4 cm³/mol. The maximum absolute atomic E-state index is 11.6. The molecule has 0 aliphatic carbocycles. The standard InChI is InChI=1S/C12H15N3O2S2/c1-19(16,17)11-4-2-3-9(5-11)12(15-13)6-10-7-14-8-18-10/h2-5,7-8,12,15H,6,13H2,1H3. The van der Waals surface area contributed by atoms with Crippen LogP contribution in [0.15, 0.2) is 40.9 Å². The lowest BCUT2D eigenvalue weighted by molar-refractivity contribution is 0.553. The average molecular weight is 297 g/mol. The lowest BCUT2D eigenvalue weighted by Crippen LogP contribution is -2.29. The van der Waals surface area contributed by atoms with Crippen molar-refractivity contribution in [3.05, 3.63) is 46.4 Å². The first-order valence-corrected chi connectivity index (χ1v) is 8.41. The van der Waals surface area contributed by atoms with Gasteiger partial charge in [-0.3, -0.25) is 16.3 Å². The Labute approximate surface area is 116 Å². The number of nitrogens with two attached hydrogens (primary N) is 1. The minimum Gasteiger partial charge on any atom is -0.271 e. The monoisotopic (exact) mass is 297 g/mol. The maximum Gasteiger partial charge on any atom is 0.175 e. The lowest BCUT2D eigenvalue weighted by Gasteiger charge is -2.16. The van der Waals surface area contributed by atoms with Gasteiger partial charge >= 0.3 is 0 Å². The van der Waals surface area contributed by atoms with Crippen molar-refractivity contribution in [2.75, 3.05) is 6.26 Å². The number of aromatic nitrogens is 1. The van der Waals surface area contributed by atoms with Crippen LogP contribution in [-0.4, -0.2) is 19.7 Å². The van der Waals surface area contributed by atoms with E-state index in [1.807, 2.05) is 6.07 Å². The van der Waals surface area contributed by atoms with E-state index in [1.165, 1.54) is 6.26 Å². The van der Waals surface area contributed by atoms with Crippen LogP contribution in [0, 0.1) is 0 Å². The molecule has 0 aliphatic heterocycles. The number of rotatable bonds is 5. The molecule has 0 fully saturated rings. The molecule has 0 saturated carbocycles. The van der Waals surface area contributed by atoms with Crippen LogP contribution in [0.4, 0.5) is 0 Å². The van der Waals surface area contributed by atoms with Crippen molar-refractivity contribution in [3.63, 3.8) is 0 Å². The second kappa shape index (κ2) is 5.79. The summed E-state index contributed by atoms with van der Waals surface area (Å²) in [6.45, 7) is 0. The third-order valence-electron chi connectivity index (χ3n) is 2.78. The van der Waals surface area contributed by atoms with Gasteiger partial charge in [0.2, 0.25) is 0 Å². The van der Waals surface area contributed by atoms with Crippen LogP contribution >= 0.6 is 11.3 Å². The number of thiazole rings is 1. The first-order chi connectivity index (χ1) is 9.00. The Morgan fingerprint density at radius 2 is 2.26 bits per heavy atom. The zero-order valence-corrected chi connectivity index (χ0v) is 12.0. The molecule has 2 rings (SSSR count). The minimum atomic E-state index is -3.21. The Bertz CT molecular complexity index is 639. The molecule has 1 heterocycles. The van der Waals surface area contributed by atoms with Gasteiger partial charge in [0.05, 0.1) is 16.4 Å². The summed E-state index contributed by atoms with van der Waals surface area (Å²) in [5.41, 5.74) is 5.33. The van der Waals surface area contributed by atoms with Gasteiger partial charge in [-0.25, -0.2) is 8.42 Å². The molecule has 7 heteroatoms. The van der Waals surface area contributed by atoms with Gasteiger partial charge in [-0.1, -0.05) is 12.1 Å². The molecule has 1 aromatic carbocycles. The van der Waals surface area contributed by atoms with Crippen molar-refractivity contribution < 1.29 is 8.42 Å². The second-order valence-electron chi connectivity index (χ2n) is 4.24. The summed E-state index contributed by atoms with van der Waals surface area (Å²) in [5.74, 6) is 5.57. The van der Waals surface area contributed by atoms with Crippen LogP contribution in [0.25, 0.3) is 0 Å². The van der Waals surface area contributed by atoms with E-state index in [2.05, 4.69) is 10.4 Å². The fourth-order valence-electron chi connectivity index (χ4n) is 1.78. The molecule has 0 saturated heterocycles. The van der Waals surface area contributed by atoms with Crippen LogP contribution in [0.3, 0.4) is 0 Å². The van der Waals surface area contributed by atoms with Gasteiger partial charge < -0.3 is 0 Å². The van der Waals surface area contributed by atoms with E-state index >= 15 is 0 Å². The Balaban J connectivity index is 2.28. The second-order valence-corrected chi connectivity index (χ2v) is 7.22. The molecule has 0 aliphatic rings. The van der Waals surface area contributed by atoms with Gasteiger partial charge in [0.1, 0.15) is 0 Å². The molecule has 1 aromatic heterocycles. The summed E-state index contributed by atoms with van der Waals surface area (Å²) >= 11 is 1.55. The van der Waals surface area contributed by atoms with Crippen LogP contribution in [0.1, 0.15) is 16.5 Å². The zero-order valence-electron chi connectivity index (χ0n) is 10.4. The molecular weight excluding hydrogens is 282 g/mol. The average Bonchev–Trinajstić information content (AvgIpc) is 2.88. The summed E-state index contributed by atoms with van der Waals surface area (Å²) in [6.07, 6.45) is 3.66. The SMILES string of the molecule is CS(=O)(=O)c1cccc(C(Cc2cncs2)NN)c1. The molecule has 1 atom stereocenters. The summed E-state index contributed by atoms with van der Waals surface area (Å²) in [7, 11) is -3.21. The molecule has 0 spiro atoms. The number of hydrogen-bond donors (Lipinski definition) is 2. The molecule has 2 aromatic rings. The van der Waals surface area contributed by atoms with Crippen LogP contribution in [-0.2, 0) is 16.3 Å². The molecule has 0 radical (unpaired) electrons. The molecule has 1 unspecified atom stereocenters. The topological polar surface area (TPSA) is 85.1 Å². The Hall–Kier alpha value is -1.28. The summed E-state index contributed by atoms with van der Waals surface area (Å²) < 4.78 is 23.1. The van der Waals surface area contributed by atoms with Gasteiger partial charge in [-0.2, -0.15) is 0 Å². The number of nitrogens with one attached hydrogen (secondary N) is 1. The summed E-state index contributed by atoms with van der Waals surface area (Å²) in [6, 6.07) is 6.69. The highest BCUT2D eigenvalue weighted by Gasteiger charge is 2.14. The molecule has 5 nitrogen and oxygen atoms in total. The smallest absolute Gasteiger partial charge is 0.175 e. The number of benzene rings is 1. The van der Waals surface area contributed by atoms with Gasteiger partial charge in [0.25, 0.3) is 0 Å². The van der Waals surface area contributed by atoms with Gasteiger partial charge in [-0.15, -0.1) is 11.3 Å². The van der Waals surface area contributed by atoms with Crippen molar-refractivity contribution in [3.8, 4) is 0 Å². The third-order valence-corrected chi connectivity index (χ3v) is 4.69. The van der Waals surface area contributed by atoms with Crippen LogP contribution < -0.4 is 11.3 Å². The first-order valence-electron chi connectivity index (χ1n) is 5.64. The zero-order chi connectivity index (χ0) is 13.9. The number of hydrogen-bond acceptors (Lipinski definition) is 6. The molecule has 19 heavy (non-hydrogen) atoms. The van der Waals surface area contributed by atoms with E-state index in [1.54, 1.807) is 41.2 Å². The van der Waals surface area contributed by atoms with Crippen molar-refractivity contribution in [2.45, 2.75) is 17.4 Å². The number of sulfone groups is 1. The van der Waals surface area contributed by atoms with E-state index in [4.69, 9.17) is 5.84 Å². The first kappa shape index (κ1) is 14.1. The molecule has 3 N–H and O–H groups in total. The van der Waals surface area contributed by atoms with E-state index in [-0.39, 0.29) is 6.04 Å². The Morgan fingerprint density at radius 1 is 1.47 bits per heavy atom. The lowest BCUT2D eigenvalue weighted by atomic mass is 10.0. The van der Waals surface area contributed by atoms with Crippen molar-refractivity contribution in [2.24, 2.45) is 5.84 Å². The highest BCUT2D eigenvalue weighted by Crippen LogP contribution is 2.22. The van der Waals surface area contributed by atoms with Crippen molar-refractivity contribution in [1.82, 2.24) is 10.4 Å². The van der Waals surface area contributed by atoms with Crippen LogP contribution in [0.5, 0.6) is 0 Å². The van der Waals surface area contributed by atoms with Gasteiger partial charge in [0, 0.05) is 23.8 Å². The van der Waals surface area contributed by atoms with E-state index in [9.17, 15) is 8.42 Å². The summed E-state index contributed by atoms with van der Waals surface area (Å²) in [5, 5.41) is 0. The minimum absolute atomic E-state index is 0.137. The Morgan fingerprint density at radius 3 is 2.84 bits per heavy atom. The fourth-order valence-corrected chi connectivity index (χ4v) is 3.10. The normalized spacial score (nSPS) is 13.4. The molecule has 0 amide bonds. The quantitative estimate of drug-likeness (QED) is 0.642.